The summed E-state index contributed by atoms with van der Waals surface area (Å²) >= 11 is 0. The first-order valence-electron chi connectivity index (χ1n) is 5.82. The highest BCUT2D eigenvalue weighted by Gasteiger charge is 2.14. The fourth-order valence-electron chi connectivity index (χ4n) is 1.78. The van der Waals surface area contributed by atoms with Crippen molar-refractivity contribution in [3.05, 3.63) is 65.0 Å². The fraction of sp³-hybridized carbons (Fsp3) is 0.133. The van der Waals surface area contributed by atoms with E-state index in [0.29, 0.717) is 5.75 Å². The zero-order valence-electron chi connectivity index (χ0n) is 10.6. The van der Waals surface area contributed by atoms with E-state index >= 15 is 0 Å². The first-order valence-corrected chi connectivity index (χ1v) is 5.82. The maximum atomic E-state index is 13.7. The molecule has 2 aromatic rings. The molecule has 0 aliphatic rings. The van der Waals surface area contributed by atoms with Gasteiger partial charge in [-0.1, -0.05) is 6.07 Å². The standard InChI is InChI=1S/C15H11F3O2/c1-20-10-3-4-11(13(17)8-10)15(19)7-9-2-5-12(16)14(18)6-9/h2-6,8H,7H2,1H3. The molecule has 2 aromatic carbocycles. The molecule has 2 rings (SSSR count). The highest BCUT2D eigenvalue weighted by Crippen LogP contribution is 2.18. The van der Waals surface area contributed by atoms with Crippen LogP contribution in [-0.2, 0) is 6.42 Å². The van der Waals surface area contributed by atoms with E-state index in [4.69, 9.17) is 4.74 Å². The molecule has 0 unspecified atom stereocenters. The van der Waals surface area contributed by atoms with E-state index in [2.05, 4.69) is 0 Å². The first-order chi connectivity index (χ1) is 9.51. The summed E-state index contributed by atoms with van der Waals surface area (Å²) in [6.45, 7) is 0. The number of Topliss-reactive ketones (excluding diaryl/α,β-unsaturated/α-hetero) is 1. The molecule has 0 radical (unpaired) electrons. The van der Waals surface area contributed by atoms with Gasteiger partial charge in [-0.15, -0.1) is 0 Å². The summed E-state index contributed by atoms with van der Waals surface area (Å²) in [4.78, 5) is 11.9. The number of methoxy groups -OCH3 is 1. The third kappa shape index (κ3) is 2.99. The van der Waals surface area contributed by atoms with Crippen LogP contribution in [0.5, 0.6) is 5.75 Å². The van der Waals surface area contributed by atoms with Gasteiger partial charge in [-0.25, -0.2) is 13.2 Å². The maximum absolute atomic E-state index is 13.7. The minimum absolute atomic E-state index is 0.115. The van der Waals surface area contributed by atoms with Crippen molar-refractivity contribution >= 4 is 5.78 Å². The van der Waals surface area contributed by atoms with Crippen molar-refractivity contribution in [3.63, 3.8) is 0 Å². The Morgan fingerprint density at radius 3 is 2.35 bits per heavy atom. The highest BCUT2D eigenvalue weighted by atomic mass is 19.2. The number of ketones is 1. The van der Waals surface area contributed by atoms with E-state index in [1.54, 1.807) is 0 Å². The average molecular weight is 280 g/mol. The highest BCUT2D eigenvalue weighted by molar-refractivity contribution is 5.97. The molecule has 104 valence electrons. The van der Waals surface area contributed by atoms with Gasteiger partial charge < -0.3 is 4.74 Å². The number of hydrogen-bond acceptors (Lipinski definition) is 2. The van der Waals surface area contributed by atoms with Crippen molar-refractivity contribution < 1.29 is 22.7 Å². The van der Waals surface area contributed by atoms with Gasteiger partial charge in [0, 0.05) is 12.5 Å². The molecule has 0 aliphatic carbocycles. The molecule has 0 aromatic heterocycles. The average Bonchev–Trinajstić information content (AvgIpc) is 2.42. The minimum Gasteiger partial charge on any atom is -0.497 e. The summed E-state index contributed by atoms with van der Waals surface area (Å²) in [5, 5.41) is 0. The predicted molar refractivity (Wildman–Crippen MR) is 67.3 cm³/mol. The Hall–Kier alpha value is -2.30. The van der Waals surface area contributed by atoms with Crippen molar-refractivity contribution in [1.82, 2.24) is 0 Å². The minimum atomic E-state index is -1.04. The SMILES string of the molecule is COc1ccc(C(=O)Cc2ccc(F)c(F)c2)c(F)c1. The van der Waals surface area contributed by atoms with Crippen molar-refractivity contribution in [2.24, 2.45) is 0 Å². The summed E-state index contributed by atoms with van der Waals surface area (Å²) in [6.07, 6.45) is -0.208. The summed E-state index contributed by atoms with van der Waals surface area (Å²) < 4.78 is 44.3. The molecule has 20 heavy (non-hydrogen) atoms. The third-order valence-electron chi connectivity index (χ3n) is 2.83. The summed E-state index contributed by atoms with van der Waals surface area (Å²) in [5.74, 6) is -2.96. The van der Waals surface area contributed by atoms with Crippen LogP contribution in [0, 0.1) is 17.5 Å². The van der Waals surface area contributed by atoms with Gasteiger partial charge in [-0.05, 0) is 29.8 Å². The Morgan fingerprint density at radius 2 is 1.75 bits per heavy atom. The number of halogens is 3. The molecule has 0 fully saturated rings. The van der Waals surface area contributed by atoms with Gasteiger partial charge in [-0.3, -0.25) is 4.79 Å². The van der Waals surface area contributed by atoms with E-state index in [-0.39, 0.29) is 17.5 Å². The number of rotatable bonds is 4. The van der Waals surface area contributed by atoms with Crippen molar-refractivity contribution in [3.8, 4) is 5.75 Å². The second-order valence-corrected chi connectivity index (χ2v) is 4.19. The molecule has 2 nitrogen and oxygen atoms in total. The zero-order valence-corrected chi connectivity index (χ0v) is 10.6. The number of benzene rings is 2. The summed E-state index contributed by atoms with van der Waals surface area (Å²) in [6, 6.07) is 7.01. The van der Waals surface area contributed by atoms with Crippen LogP contribution in [0.3, 0.4) is 0 Å². The molecule has 0 spiro atoms. The van der Waals surface area contributed by atoms with Crippen molar-refractivity contribution in [2.75, 3.05) is 7.11 Å². The van der Waals surface area contributed by atoms with Crippen molar-refractivity contribution in [2.45, 2.75) is 6.42 Å². The Balaban J connectivity index is 2.21. The molecule has 0 saturated heterocycles. The third-order valence-corrected chi connectivity index (χ3v) is 2.83. The number of carbonyl (C=O) groups excluding carboxylic acids is 1. The molecule has 0 heterocycles. The lowest BCUT2D eigenvalue weighted by molar-refractivity contribution is 0.0989. The van der Waals surface area contributed by atoms with Gasteiger partial charge in [0.15, 0.2) is 17.4 Å². The van der Waals surface area contributed by atoms with Crippen LogP contribution in [0.15, 0.2) is 36.4 Å². The molecule has 0 saturated carbocycles. The largest absolute Gasteiger partial charge is 0.497 e. The Kier molecular flexibility index (Phi) is 4.08. The summed E-state index contributed by atoms with van der Waals surface area (Å²) in [5.41, 5.74) is 0.166. The predicted octanol–water partition coefficient (Wildman–Crippen LogP) is 3.54. The fourth-order valence-corrected chi connectivity index (χ4v) is 1.78. The van der Waals surface area contributed by atoms with Gasteiger partial charge in [0.05, 0.1) is 12.7 Å². The van der Waals surface area contributed by atoms with Crippen LogP contribution >= 0.6 is 0 Å². The van der Waals surface area contributed by atoms with E-state index < -0.39 is 23.2 Å². The number of hydrogen-bond donors (Lipinski definition) is 0. The normalized spacial score (nSPS) is 10.4. The smallest absolute Gasteiger partial charge is 0.170 e. The van der Waals surface area contributed by atoms with Crippen LogP contribution in [0.25, 0.3) is 0 Å². The molecular formula is C15H11F3O2. The molecule has 0 atom stereocenters. The maximum Gasteiger partial charge on any atom is 0.170 e. The second kappa shape index (κ2) is 5.77. The lowest BCUT2D eigenvalue weighted by Gasteiger charge is -2.05. The van der Waals surface area contributed by atoms with E-state index in [1.165, 1.54) is 25.3 Å². The zero-order chi connectivity index (χ0) is 14.7. The first kappa shape index (κ1) is 14.1. The molecule has 0 amide bonds. The van der Waals surface area contributed by atoms with Gasteiger partial charge in [-0.2, -0.15) is 0 Å². The summed E-state index contributed by atoms with van der Waals surface area (Å²) in [7, 11) is 1.39. The van der Waals surface area contributed by atoms with Gasteiger partial charge in [0.2, 0.25) is 0 Å². The van der Waals surface area contributed by atoms with Gasteiger partial charge in [0.1, 0.15) is 11.6 Å². The molecular weight excluding hydrogens is 269 g/mol. The Labute approximate surface area is 113 Å². The molecule has 0 N–H and O–H groups in total. The van der Waals surface area contributed by atoms with Gasteiger partial charge in [0.25, 0.3) is 0 Å². The molecule has 0 bridgehead atoms. The Bertz CT molecular complexity index is 654. The van der Waals surface area contributed by atoms with E-state index in [0.717, 1.165) is 18.2 Å². The van der Waals surface area contributed by atoms with Crippen LogP contribution in [0.1, 0.15) is 15.9 Å². The van der Waals surface area contributed by atoms with E-state index in [9.17, 15) is 18.0 Å². The topological polar surface area (TPSA) is 26.3 Å². The lowest BCUT2D eigenvalue weighted by Crippen LogP contribution is -2.07. The van der Waals surface area contributed by atoms with Crippen LogP contribution < -0.4 is 4.74 Å². The van der Waals surface area contributed by atoms with Crippen molar-refractivity contribution in [1.29, 1.82) is 0 Å². The van der Waals surface area contributed by atoms with Crippen LogP contribution in [-0.4, -0.2) is 12.9 Å². The van der Waals surface area contributed by atoms with Crippen LogP contribution in [0.2, 0.25) is 0 Å². The lowest BCUT2D eigenvalue weighted by atomic mass is 10.0. The van der Waals surface area contributed by atoms with Crippen LogP contribution in [0.4, 0.5) is 13.2 Å². The monoisotopic (exact) mass is 280 g/mol. The number of ether oxygens (including phenoxy) is 1. The van der Waals surface area contributed by atoms with Gasteiger partial charge >= 0.3 is 0 Å². The second-order valence-electron chi connectivity index (χ2n) is 4.19. The quantitative estimate of drug-likeness (QED) is 0.801. The Morgan fingerprint density at radius 1 is 1.00 bits per heavy atom. The number of carbonyl (C=O) groups is 1. The van der Waals surface area contributed by atoms with E-state index in [1.807, 2.05) is 0 Å². The molecule has 0 aliphatic heterocycles. The molecule has 5 heteroatoms.